The van der Waals surface area contributed by atoms with Crippen molar-refractivity contribution in [1.82, 2.24) is 19.6 Å². The number of nitrogens with zero attached hydrogens (tertiary/aromatic N) is 4. The highest BCUT2D eigenvalue weighted by atomic mass is 79.9. The second-order valence-electron chi connectivity index (χ2n) is 3.76. The molecule has 3 aromatic heterocycles. The number of hydrogen-bond donors (Lipinski definition) is 1. The van der Waals surface area contributed by atoms with E-state index in [0.29, 0.717) is 12.5 Å². The fourth-order valence-electron chi connectivity index (χ4n) is 1.60. The molecular weight excluding hydrogens is 314 g/mol. The van der Waals surface area contributed by atoms with E-state index < -0.39 is 0 Å². The van der Waals surface area contributed by atoms with E-state index in [4.69, 9.17) is 0 Å². The predicted molar refractivity (Wildman–Crippen MR) is 74.9 cm³/mol. The van der Waals surface area contributed by atoms with Crippen LogP contribution in [0.1, 0.15) is 9.88 Å². The molecule has 0 aromatic carbocycles. The summed E-state index contributed by atoms with van der Waals surface area (Å²) in [5.41, 5.74) is 0.806. The van der Waals surface area contributed by atoms with Crippen LogP contribution >= 0.6 is 27.3 Å². The number of anilines is 1. The monoisotopic (exact) mass is 323 g/mol. The van der Waals surface area contributed by atoms with Crippen LogP contribution in [0.2, 0.25) is 0 Å². The largest absolute Gasteiger partial charge is 0.348 e. The van der Waals surface area contributed by atoms with Crippen LogP contribution < -0.4 is 5.32 Å². The van der Waals surface area contributed by atoms with Gasteiger partial charge in [0.05, 0.1) is 16.0 Å². The van der Waals surface area contributed by atoms with Crippen molar-refractivity contribution in [3.8, 4) is 0 Å². The molecule has 18 heavy (non-hydrogen) atoms. The molecule has 3 rings (SSSR count). The first-order chi connectivity index (χ1) is 8.72. The molecule has 0 aliphatic carbocycles. The van der Waals surface area contributed by atoms with E-state index in [0.717, 1.165) is 15.1 Å². The quantitative estimate of drug-likeness (QED) is 0.805. The Morgan fingerprint density at radius 3 is 3.11 bits per heavy atom. The van der Waals surface area contributed by atoms with E-state index in [1.165, 1.54) is 4.88 Å². The van der Waals surface area contributed by atoms with Gasteiger partial charge in [-0.3, -0.25) is 0 Å². The van der Waals surface area contributed by atoms with Gasteiger partial charge in [-0.15, -0.1) is 16.4 Å². The van der Waals surface area contributed by atoms with Crippen molar-refractivity contribution in [2.75, 3.05) is 5.32 Å². The summed E-state index contributed by atoms with van der Waals surface area (Å²) in [6, 6.07) is 3.86. The molecule has 0 bridgehead atoms. The van der Waals surface area contributed by atoms with Gasteiger partial charge in [0.15, 0.2) is 5.65 Å². The summed E-state index contributed by atoms with van der Waals surface area (Å²) >= 11 is 5.12. The van der Waals surface area contributed by atoms with Gasteiger partial charge in [0.1, 0.15) is 0 Å². The zero-order chi connectivity index (χ0) is 12.5. The molecular formula is C11H10BrN5S. The SMILES string of the molecule is Cc1ncc(CNc2nc3c(Br)cccn3n2)s1. The van der Waals surface area contributed by atoms with Crippen molar-refractivity contribution < 1.29 is 0 Å². The van der Waals surface area contributed by atoms with Gasteiger partial charge in [0.25, 0.3) is 0 Å². The minimum absolute atomic E-state index is 0.618. The lowest BCUT2D eigenvalue weighted by atomic mass is 10.5. The predicted octanol–water partition coefficient (Wildman–Crippen LogP) is 2.87. The molecule has 92 valence electrons. The number of pyridine rings is 1. The standard InChI is InChI=1S/C11H10BrN5S/c1-7-13-5-8(18-7)6-14-11-15-10-9(12)3-2-4-17(10)16-11/h2-5H,6H2,1H3,(H,14,16). The maximum absolute atomic E-state index is 4.41. The zero-order valence-electron chi connectivity index (χ0n) is 9.59. The minimum Gasteiger partial charge on any atom is -0.348 e. The van der Waals surface area contributed by atoms with Gasteiger partial charge in [-0.1, -0.05) is 0 Å². The first-order valence-electron chi connectivity index (χ1n) is 5.38. The van der Waals surface area contributed by atoms with E-state index >= 15 is 0 Å². The fraction of sp³-hybridized carbons (Fsp3) is 0.182. The topological polar surface area (TPSA) is 55.1 Å². The Hall–Kier alpha value is -1.47. The third kappa shape index (κ3) is 2.23. The van der Waals surface area contributed by atoms with Crippen LogP contribution in [0, 0.1) is 6.92 Å². The van der Waals surface area contributed by atoms with Crippen molar-refractivity contribution in [3.05, 3.63) is 38.9 Å². The van der Waals surface area contributed by atoms with Crippen molar-refractivity contribution in [2.24, 2.45) is 0 Å². The molecule has 1 N–H and O–H groups in total. The number of fused-ring (bicyclic) bond motifs is 1. The van der Waals surface area contributed by atoms with Crippen LogP contribution in [0.3, 0.4) is 0 Å². The lowest BCUT2D eigenvalue weighted by molar-refractivity contribution is 0.950. The van der Waals surface area contributed by atoms with Gasteiger partial charge in [-0.25, -0.2) is 9.50 Å². The number of nitrogens with one attached hydrogen (secondary N) is 1. The third-order valence-corrected chi connectivity index (χ3v) is 3.94. The molecule has 0 fully saturated rings. The molecule has 0 atom stereocenters. The van der Waals surface area contributed by atoms with E-state index in [1.807, 2.05) is 31.5 Å². The molecule has 0 amide bonds. The Kier molecular flexibility index (Phi) is 3.00. The normalized spacial score (nSPS) is 11.0. The molecule has 0 aliphatic rings. The molecule has 0 aliphatic heterocycles. The minimum atomic E-state index is 0.618. The second-order valence-corrected chi connectivity index (χ2v) is 5.93. The Labute approximate surface area is 116 Å². The van der Waals surface area contributed by atoms with Crippen LogP contribution in [0.15, 0.2) is 29.0 Å². The highest BCUT2D eigenvalue weighted by Crippen LogP contribution is 2.18. The number of aromatic nitrogens is 4. The molecule has 0 unspecified atom stereocenters. The van der Waals surface area contributed by atoms with Crippen molar-refractivity contribution >= 4 is 38.9 Å². The molecule has 0 saturated carbocycles. The van der Waals surface area contributed by atoms with Crippen molar-refractivity contribution in [2.45, 2.75) is 13.5 Å². The molecule has 3 heterocycles. The van der Waals surface area contributed by atoms with E-state index in [-0.39, 0.29) is 0 Å². The lowest BCUT2D eigenvalue weighted by Crippen LogP contribution is -1.99. The first-order valence-corrected chi connectivity index (χ1v) is 6.99. The maximum Gasteiger partial charge on any atom is 0.243 e. The van der Waals surface area contributed by atoms with Crippen LogP contribution in [0.25, 0.3) is 5.65 Å². The average Bonchev–Trinajstić information content (AvgIpc) is 2.93. The number of hydrogen-bond acceptors (Lipinski definition) is 5. The summed E-state index contributed by atoms with van der Waals surface area (Å²) < 4.78 is 2.67. The van der Waals surface area contributed by atoms with Gasteiger partial charge >= 0.3 is 0 Å². The Morgan fingerprint density at radius 2 is 2.39 bits per heavy atom. The number of thiazole rings is 1. The molecule has 0 spiro atoms. The van der Waals surface area contributed by atoms with Crippen molar-refractivity contribution in [1.29, 1.82) is 0 Å². The van der Waals surface area contributed by atoms with E-state index in [9.17, 15) is 0 Å². The van der Waals surface area contributed by atoms with Gasteiger partial charge in [0, 0.05) is 17.3 Å². The van der Waals surface area contributed by atoms with Gasteiger partial charge < -0.3 is 5.32 Å². The molecule has 0 radical (unpaired) electrons. The van der Waals surface area contributed by atoms with Gasteiger partial charge in [-0.05, 0) is 35.0 Å². The number of halogens is 1. The summed E-state index contributed by atoms with van der Waals surface area (Å²) in [6.07, 6.45) is 3.74. The summed E-state index contributed by atoms with van der Waals surface area (Å²) in [6.45, 7) is 2.69. The molecule has 3 aromatic rings. The molecule has 5 nitrogen and oxygen atoms in total. The lowest BCUT2D eigenvalue weighted by Gasteiger charge is -1.96. The fourth-order valence-corrected chi connectivity index (χ4v) is 2.76. The highest BCUT2D eigenvalue weighted by Gasteiger charge is 2.06. The van der Waals surface area contributed by atoms with Crippen LogP contribution in [0.5, 0.6) is 0 Å². The molecule has 7 heteroatoms. The smallest absolute Gasteiger partial charge is 0.243 e. The highest BCUT2D eigenvalue weighted by molar-refractivity contribution is 9.10. The molecule has 0 saturated heterocycles. The van der Waals surface area contributed by atoms with Gasteiger partial charge in [0.2, 0.25) is 5.95 Å². The Bertz CT molecular complexity index is 690. The number of rotatable bonds is 3. The summed E-state index contributed by atoms with van der Waals surface area (Å²) in [5.74, 6) is 0.618. The number of aryl methyl sites for hydroxylation is 1. The Balaban J connectivity index is 1.81. The third-order valence-electron chi connectivity index (χ3n) is 2.40. The summed E-state index contributed by atoms with van der Waals surface area (Å²) in [5, 5.41) is 8.61. The second kappa shape index (κ2) is 4.66. The zero-order valence-corrected chi connectivity index (χ0v) is 12.0. The van der Waals surface area contributed by atoms with Crippen LogP contribution in [-0.4, -0.2) is 19.6 Å². The Morgan fingerprint density at radius 1 is 1.50 bits per heavy atom. The summed E-state index contributed by atoms with van der Waals surface area (Å²) in [4.78, 5) is 9.79. The van der Waals surface area contributed by atoms with E-state index in [2.05, 4.69) is 36.3 Å². The summed E-state index contributed by atoms with van der Waals surface area (Å²) in [7, 11) is 0. The first kappa shape index (κ1) is 11.6. The van der Waals surface area contributed by atoms with Crippen LogP contribution in [0.4, 0.5) is 5.95 Å². The van der Waals surface area contributed by atoms with E-state index in [1.54, 1.807) is 15.9 Å². The van der Waals surface area contributed by atoms with Crippen molar-refractivity contribution in [3.63, 3.8) is 0 Å². The average molecular weight is 324 g/mol. The van der Waals surface area contributed by atoms with Crippen LogP contribution in [-0.2, 0) is 6.54 Å². The maximum atomic E-state index is 4.41. The van der Waals surface area contributed by atoms with Gasteiger partial charge in [-0.2, -0.15) is 4.98 Å².